The molecule has 0 aromatic rings. The summed E-state index contributed by atoms with van der Waals surface area (Å²) in [7, 11) is 0. The lowest BCUT2D eigenvalue weighted by Gasteiger charge is -2.13. The fraction of sp³-hybridized carbons (Fsp3) is 0.882. The third-order valence-corrected chi connectivity index (χ3v) is 4.04. The van der Waals surface area contributed by atoms with Crippen molar-refractivity contribution in [2.24, 2.45) is 11.7 Å². The molecule has 1 atom stereocenters. The van der Waals surface area contributed by atoms with Crippen molar-refractivity contribution in [3.8, 4) is 0 Å². The van der Waals surface area contributed by atoms with Crippen LogP contribution in [0.2, 0.25) is 0 Å². The molecule has 0 saturated heterocycles. The Hall–Kier alpha value is -1.26. The van der Waals surface area contributed by atoms with Gasteiger partial charge in [0.05, 0.1) is 5.92 Å². The molecule has 22 heavy (non-hydrogen) atoms. The van der Waals surface area contributed by atoms with E-state index in [2.05, 4.69) is 12.2 Å². The van der Waals surface area contributed by atoms with Gasteiger partial charge in [-0.1, -0.05) is 77.6 Å². The van der Waals surface area contributed by atoms with Crippen LogP contribution in [0.15, 0.2) is 0 Å². The fourth-order valence-electron chi connectivity index (χ4n) is 2.60. The predicted octanol–water partition coefficient (Wildman–Crippen LogP) is 3.87. The maximum Gasteiger partial charge on any atom is 0.308 e. The molecule has 5 N–H and O–H groups in total. The van der Waals surface area contributed by atoms with Crippen LogP contribution in [-0.4, -0.2) is 23.6 Å². The summed E-state index contributed by atoms with van der Waals surface area (Å²) < 4.78 is 0. The van der Waals surface area contributed by atoms with Crippen molar-refractivity contribution < 1.29 is 9.90 Å². The average molecular weight is 313 g/mol. The lowest BCUT2D eigenvalue weighted by atomic mass is 10.00. The molecule has 0 heterocycles. The molecule has 0 aliphatic carbocycles. The zero-order valence-corrected chi connectivity index (χ0v) is 14.2. The Morgan fingerprint density at radius 1 is 1.00 bits per heavy atom. The van der Waals surface area contributed by atoms with Gasteiger partial charge in [-0.2, -0.15) is 0 Å². The summed E-state index contributed by atoms with van der Waals surface area (Å²) in [5, 5.41) is 18.8. The van der Waals surface area contributed by atoms with E-state index in [-0.39, 0.29) is 12.5 Å². The Kier molecular flexibility index (Phi) is 13.8. The first kappa shape index (κ1) is 20.7. The molecule has 0 saturated carbocycles. The van der Waals surface area contributed by atoms with Crippen molar-refractivity contribution in [3.05, 3.63) is 0 Å². The minimum absolute atomic E-state index is 0.162. The Bertz CT molecular complexity index is 296. The van der Waals surface area contributed by atoms with E-state index in [1.54, 1.807) is 0 Å². The Labute approximate surface area is 135 Å². The van der Waals surface area contributed by atoms with Crippen LogP contribution in [0.3, 0.4) is 0 Å². The van der Waals surface area contributed by atoms with E-state index in [1.165, 1.54) is 57.8 Å². The van der Waals surface area contributed by atoms with E-state index in [9.17, 15) is 4.79 Å². The second kappa shape index (κ2) is 14.7. The maximum atomic E-state index is 11.1. The third-order valence-electron chi connectivity index (χ3n) is 4.04. The molecular formula is C17H35N3O2. The number of carboxylic acid groups (broad SMARTS) is 1. The van der Waals surface area contributed by atoms with Gasteiger partial charge in [-0.15, -0.1) is 0 Å². The second-order valence-corrected chi connectivity index (χ2v) is 6.15. The van der Waals surface area contributed by atoms with Crippen LogP contribution in [0.5, 0.6) is 0 Å². The Balaban J connectivity index is 3.42. The first-order chi connectivity index (χ1) is 10.6. The number of nitrogens with one attached hydrogen (secondary N) is 2. The zero-order valence-electron chi connectivity index (χ0n) is 14.2. The number of rotatable bonds is 15. The molecule has 0 bridgehead atoms. The topological polar surface area (TPSA) is 99.2 Å². The van der Waals surface area contributed by atoms with E-state index in [0.717, 1.165) is 12.8 Å². The van der Waals surface area contributed by atoms with Crippen LogP contribution in [0.4, 0.5) is 0 Å². The maximum absolute atomic E-state index is 11.1. The van der Waals surface area contributed by atoms with Gasteiger partial charge in [-0.25, -0.2) is 0 Å². The summed E-state index contributed by atoms with van der Waals surface area (Å²) in [6, 6.07) is 0. The number of carbonyl (C=O) groups is 1. The normalized spacial score (nSPS) is 12.0. The fourth-order valence-corrected chi connectivity index (χ4v) is 2.60. The van der Waals surface area contributed by atoms with Gasteiger partial charge in [0.15, 0.2) is 5.96 Å². The van der Waals surface area contributed by atoms with Gasteiger partial charge in [0.25, 0.3) is 0 Å². The molecule has 0 aromatic heterocycles. The van der Waals surface area contributed by atoms with Crippen molar-refractivity contribution in [3.63, 3.8) is 0 Å². The molecule has 0 radical (unpaired) electrons. The molecule has 0 spiro atoms. The summed E-state index contributed by atoms with van der Waals surface area (Å²) in [5.74, 6) is -1.41. The molecule has 0 aliphatic rings. The summed E-state index contributed by atoms with van der Waals surface area (Å²) in [4.78, 5) is 11.1. The van der Waals surface area contributed by atoms with Crippen LogP contribution < -0.4 is 11.1 Å². The minimum Gasteiger partial charge on any atom is -0.481 e. The standard InChI is InChI=1S/C17H35N3O2/c1-2-3-4-5-6-7-8-9-10-11-12-13-15(16(21)22)14-20-17(18)19/h15H,2-14H2,1H3,(H,21,22)(H4,18,19,20). The van der Waals surface area contributed by atoms with Crippen LogP contribution in [0, 0.1) is 11.3 Å². The van der Waals surface area contributed by atoms with Gasteiger partial charge < -0.3 is 16.2 Å². The highest BCUT2D eigenvalue weighted by Crippen LogP contribution is 2.14. The van der Waals surface area contributed by atoms with E-state index in [4.69, 9.17) is 16.2 Å². The molecule has 130 valence electrons. The van der Waals surface area contributed by atoms with Gasteiger partial charge >= 0.3 is 5.97 Å². The van der Waals surface area contributed by atoms with Crippen LogP contribution in [-0.2, 0) is 4.79 Å². The highest BCUT2D eigenvalue weighted by Gasteiger charge is 2.16. The van der Waals surface area contributed by atoms with Gasteiger partial charge in [0.2, 0.25) is 0 Å². The average Bonchev–Trinajstić information content (AvgIpc) is 2.47. The predicted molar refractivity (Wildman–Crippen MR) is 92.1 cm³/mol. The lowest BCUT2D eigenvalue weighted by molar-refractivity contribution is -0.141. The number of carboxylic acids is 1. The Morgan fingerprint density at radius 3 is 1.86 bits per heavy atom. The molecular weight excluding hydrogens is 278 g/mol. The number of aliphatic carboxylic acids is 1. The third kappa shape index (κ3) is 13.7. The van der Waals surface area contributed by atoms with Gasteiger partial charge in [0.1, 0.15) is 0 Å². The largest absolute Gasteiger partial charge is 0.481 e. The van der Waals surface area contributed by atoms with Gasteiger partial charge in [-0.3, -0.25) is 10.2 Å². The smallest absolute Gasteiger partial charge is 0.308 e. The van der Waals surface area contributed by atoms with Gasteiger partial charge in [-0.05, 0) is 6.42 Å². The van der Waals surface area contributed by atoms with E-state index in [0.29, 0.717) is 6.42 Å². The monoisotopic (exact) mass is 313 g/mol. The molecule has 0 rings (SSSR count). The van der Waals surface area contributed by atoms with Crippen LogP contribution in [0.1, 0.15) is 84.0 Å². The first-order valence-electron chi connectivity index (χ1n) is 8.88. The van der Waals surface area contributed by atoms with Crippen molar-refractivity contribution >= 4 is 11.9 Å². The van der Waals surface area contributed by atoms with Crippen molar-refractivity contribution in [2.45, 2.75) is 84.0 Å². The van der Waals surface area contributed by atoms with E-state index < -0.39 is 11.9 Å². The number of unbranched alkanes of at least 4 members (excludes halogenated alkanes) is 10. The van der Waals surface area contributed by atoms with Crippen LogP contribution in [0.25, 0.3) is 0 Å². The summed E-state index contributed by atoms with van der Waals surface area (Å²) in [6.45, 7) is 2.49. The molecule has 0 amide bonds. The molecule has 1 unspecified atom stereocenters. The zero-order chi connectivity index (χ0) is 16.6. The molecule has 0 aliphatic heterocycles. The molecule has 5 heteroatoms. The molecule has 0 aromatic carbocycles. The molecule has 0 fully saturated rings. The number of guanidine groups is 1. The van der Waals surface area contributed by atoms with Crippen molar-refractivity contribution in [2.75, 3.05) is 6.54 Å². The molecule has 5 nitrogen and oxygen atoms in total. The second-order valence-electron chi connectivity index (χ2n) is 6.15. The Morgan fingerprint density at radius 2 is 1.45 bits per heavy atom. The number of hydrogen-bond donors (Lipinski definition) is 4. The van der Waals surface area contributed by atoms with Crippen molar-refractivity contribution in [1.29, 1.82) is 5.41 Å². The summed E-state index contributed by atoms with van der Waals surface area (Å²) >= 11 is 0. The number of hydrogen-bond acceptors (Lipinski definition) is 2. The lowest BCUT2D eigenvalue weighted by Crippen LogP contribution is -2.36. The van der Waals surface area contributed by atoms with Gasteiger partial charge in [0, 0.05) is 6.54 Å². The summed E-state index contributed by atoms with van der Waals surface area (Å²) in [5.41, 5.74) is 5.18. The SMILES string of the molecule is CCCCCCCCCCCCCC(CNC(=N)N)C(=O)O. The highest BCUT2D eigenvalue weighted by atomic mass is 16.4. The number of nitrogens with two attached hydrogens (primary N) is 1. The van der Waals surface area contributed by atoms with E-state index in [1.807, 2.05) is 0 Å². The quantitative estimate of drug-likeness (QED) is 0.209. The van der Waals surface area contributed by atoms with Crippen molar-refractivity contribution in [1.82, 2.24) is 5.32 Å². The first-order valence-corrected chi connectivity index (χ1v) is 8.88. The summed E-state index contributed by atoms with van der Waals surface area (Å²) in [6.07, 6.45) is 14.6. The van der Waals surface area contributed by atoms with Crippen LogP contribution >= 0.6 is 0 Å². The minimum atomic E-state index is -0.805. The highest BCUT2D eigenvalue weighted by molar-refractivity contribution is 5.76. The van der Waals surface area contributed by atoms with E-state index >= 15 is 0 Å².